The number of ether oxygens (including phenoxy) is 3. The summed E-state index contributed by atoms with van der Waals surface area (Å²) in [6.45, 7) is 14.6. The van der Waals surface area contributed by atoms with Crippen molar-refractivity contribution in [3.05, 3.63) is 16.7 Å². The van der Waals surface area contributed by atoms with Gasteiger partial charge in [0.25, 0.3) is 14.1 Å². The minimum atomic E-state index is -1.59. The van der Waals surface area contributed by atoms with Crippen LogP contribution in [0.3, 0.4) is 0 Å². The fourth-order valence-corrected chi connectivity index (χ4v) is 6.43. The van der Waals surface area contributed by atoms with Crippen LogP contribution in [0, 0.1) is 17.2 Å². The third kappa shape index (κ3) is 8.11. The van der Waals surface area contributed by atoms with E-state index in [9.17, 15) is 9.59 Å². The molecule has 0 spiro atoms. The molecular weight excluding hydrogens is 565 g/mol. The Hall–Kier alpha value is -2.50. The van der Waals surface area contributed by atoms with Gasteiger partial charge in [0.05, 0.1) is 44.7 Å². The van der Waals surface area contributed by atoms with E-state index in [1.165, 1.54) is 6.33 Å². The lowest BCUT2D eigenvalue weighted by atomic mass is 10.1. The van der Waals surface area contributed by atoms with Crippen molar-refractivity contribution in [3.8, 4) is 6.07 Å². The van der Waals surface area contributed by atoms with Crippen molar-refractivity contribution in [1.29, 1.82) is 5.26 Å². The average Bonchev–Trinajstić information content (AvgIpc) is 3.49. The standard InChI is InChI=1S/C27H44N7O7P/c1-9-19-21(41-42(39-12-10-11-28)34(17(4)5)18(6)7)22(38-14-13-37-8)26(40-19)33-15-29-20-23(33)30-27(32-25(20)36)31-24(35)16(2)3/h15-19,21-22,26H,9-10,12-14H2,1-8H3,(H2,30,31,32,35,36)/t19-,21+,22?,26-,42?/m1/s1. The molecule has 0 aliphatic carbocycles. The van der Waals surface area contributed by atoms with Gasteiger partial charge in [0.1, 0.15) is 12.2 Å². The Morgan fingerprint density at radius 1 is 1.21 bits per heavy atom. The number of nitrogens with one attached hydrogen (secondary N) is 2. The summed E-state index contributed by atoms with van der Waals surface area (Å²) in [5.74, 6) is -0.579. The molecule has 0 saturated carbocycles. The minimum Gasteiger partial charge on any atom is -0.382 e. The van der Waals surface area contributed by atoms with Crippen LogP contribution in [0.1, 0.15) is 67.5 Å². The molecule has 42 heavy (non-hydrogen) atoms. The summed E-state index contributed by atoms with van der Waals surface area (Å²) in [7, 11) is -0.00283. The number of hydrogen-bond donors (Lipinski definition) is 2. The summed E-state index contributed by atoms with van der Waals surface area (Å²) in [6, 6.07) is 2.34. The van der Waals surface area contributed by atoms with Crippen molar-refractivity contribution in [2.24, 2.45) is 5.92 Å². The Balaban J connectivity index is 2.04. The molecule has 3 heterocycles. The van der Waals surface area contributed by atoms with E-state index in [2.05, 4.69) is 58.7 Å². The second-order valence-corrected chi connectivity index (χ2v) is 12.2. The van der Waals surface area contributed by atoms with Crippen molar-refractivity contribution in [1.82, 2.24) is 24.2 Å². The summed E-state index contributed by atoms with van der Waals surface area (Å²) in [5, 5.41) is 11.8. The van der Waals surface area contributed by atoms with Gasteiger partial charge in [-0.1, -0.05) is 20.8 Å². The number of carbonyl (C=O) groups is 1. The number of imidazole rings is 1. The Labute approximate surface area is 248 Å². The van der Waals surface area contributed by atoms with Crippen LogP contribution in [0.5, 0.6) is 0 Å². The number of amides is 1. The van der Waals surface area contributed by atoms with E-state index in [4.69, 9.17) is 28.5 Å². The van der Waals surface area contributed by atoms with Crippen molar-refractivity contribution < 1.29 is 28.1 Å². The molecule has 0 aromatic carbocycles. The molecule has 1 saturated heterocycles. The van der Waals surface area contributed by atoms with Crippen LogP contribution in [-0.4, -0.2) is 87.4 Å². The van der Waals surface area contributed by atoms with E-state index in [1.807, 2.05) is 6.92 Å². The number of methoxy groups -OCH3 is 1. The summed E-state index contributed by atoms with van der Waals surface area (Å²) >= 11 is 0. The SMILES string of the molecule is CC[C@H]1O[C@@H](n2cnc3c(=O)[nH]c(NC(=O)C(C)C)nc32)C(OCCOC)[C@H]1OP(OCCC#N)N(C(C)C)C(C)C. The van der Waals surface area contributed by atoms with Crippen LogP contribution in [0.25, 0.3) is 11.2 Å². The first-order chi connectivity index (χ1) is 20.0. The molecule has 0 radical (unpaired) electrons. The average molecular weight is 610 g/mol. The first-order valence-electron chi connectivity index (χ1n) is 14.3. The number of nitriles is 1. The van der Waals surface area contributed by atoms with E-state index in [1.54, 1.807) is 25.5 Å². The van der Waals surface area contributed by atoms with Crippen LogP contribution >= 0.6 is 8.53 Å². The Morgan fingerprint density at radius 2 is 1.93 bits per heavy atom. The zero-order valence-electron chi connectivity index (χ0n) is 25.7. The zero-order chi connectivity index (χ0) is 31.0. The molecule has 0 bridgehead atoms. The van der Waals surface area contributed by atoms with Gasteiger partial charge in [-0.25, -0.2) is 9.65 Å². The maximum Gasteiger partial charge on any atom is 0.280 e. The molecule has 2 aromatic heterocycles. The van der Waals surface area contributed by atoms with Gasteiger partial charge < -0.3 is 23.3 Å². The molecule has 1 amide bonds. The highest BCUT2D eigenvalue weighted by atomic mass is 31.2. The first kappa shape index (κ1) is 34.0. The molecule has 5 atom stereocenters. The second-order valence-electron chi connectivity index (χ2n) is 10.8. The van der Waals surface area contributed by atoms with Crippen molar-refractivity contribution >= 4 is 31.5 Å². The second kappa shape index (κ2) is 15.8. The van der Waals surface area contributed by atoms with E-state index in [0.29, 0.717) is 13.0 Å². The first-order valence-corrected chi connectivity index (χ1v) is 15.5. The van der Waals surface area contributed by atoms with Crippen LogP contribution in [0.2, 0.25) is 0 Å². The molecule has 2 unspecified atom stereocenters. The third-order valence-electron chi connectivity index (χ3n) is 6.63. The van der Waals surface area contributed by atoms with Crippen LogP contribution in [0.15, 0.2) is 11.1 Å². The van der Waals surface area contributed by atoms with Gasteiger partial charge in [0.2, 0.25) is 11.9 Å². The van der Waals surface area contributed by atoms with Gasteiger partial charge in [-0.3, -0.25) is 24.5 Å². The highest BCUT2D eigenvalue weighted by molar-refractivity contribution is 7.44. The lowest BCUT2D eigenvalue weighted by Gasteiger charge is -2.38. The lowest BCUT2D eigenvalue weighted by Crippen LogP contribution is -2.40. The van der Waals surface area contributed by atoms with Gasteiger partial charge >= 0.3 is 0 Å². The van der Waals surface area contributed by atoms with Gasteiger partial charge in [-0.05, 0) is 34.1 Å². The van der Waals surface area contributed by atoms with Crippen LogP contribution < -0.4 is 10.9 Å². The molecule has 14 nitrogen and oxygen atoms in total. The maximum absolute atomic E-state index is 12.9. The topological polar surface area (TPSA) is 166 Å². The molecule has 2 N–H and O–H groups in total. The highest BCUT2D eigenvalue weighted by Gasteiger charge is 2.49. The van der Waals surface area contributed by atoms with Crippen molar-refractivity contribution in [3.63, 3.8) is 0 Å². The summed E-state index contributed by atoms with van der Waals surface area (Å²) in [4.78, 5) is 36.5. The van der Waals surface area contributed by atoms with E-state index in [0.717, 1.165) is 0 Å². The Bertz CT molecular complexity index is 1250. The van der Waals surface area contributed by atoms with E-state index in [-0.39, 0.29) is 60.7 Å². The highest BCUT2D eigenvalue weighted by Crippen LogP contribution is 2.51. The molecule has 3 rings (SSSR count). The van der Waals surface area contributed by atoms with Gasteiger partial charge in [-0.2, -0.15) is 10.2 Å². The lowest BCUT2D eigenvalue weighted by molar-refractivity contribution is -0.118. The molecule has 1 aliphatic heterocycles. The maximum atomic E-state index is 12.9. The van der Waals surface area contributed by atoms with Crippen molar-refractivity contribution in [2.75, 3.05) is 32.2 Å². The number of aromatic nitrogens is 4. The molecular formula is C27H44N7O7P. The number of anilines is 1. The predicted molar refractivity (Wildman–Crippen MR) is 158 cm³/mol. The minimum absolute atomic E-state index is 0.0153. The molecule has 15 heteroatoms. The van der Waals surface area contributed by atoms with Gasteiger partial charge in [0, 0.05) is 25.1 Å². The Kier molecular flexibility index (Phi) is 12.8. The van der Waals surface area contributed by atoms with Crippen LogP contribution in [0.4, 0.5) is 5.95 Å². The number of rotatable bonds is 16. The fraction of sp³-hybridized carbons (Fsp3) is 0.741. The number of H-pyrrole nitrogens is 1. The smallest absolute Gasteiger partial charge is 0.280 e. The summed E-state index contributed by atoms with van der Waals surface area (Å²) in [6.07, 6.45) is -0.0499. The summed E-state index contributed by atoms with van der Waals surface area (Å²) < 4.78 is 34.8. The number of aromatic amines is 1. The van der Waals surface area contributed by atoms with E-state index >= 15 is 0 Å². The fourth-order valence-electron chi connectivity index (χ4n) is 4.66. The zero-order valence-corrected chi connectivity index (χ0v) is 26.6. The largest absolute Gasteiger partial charge is 0.382 e. The van der Waals surface area contributed by atoms with E-state index < -0.39 is 38.6 Å². The third-order valence-corrected chi connectivity index (χ3v) is 8.76. The van der Waals surface area contributed by atoms with Gasteiger partial charge in [-0.15, -0.1) is 0 Å². The number of nitrogens with zero attached hydrogens (tertiary/aromatic N) is 5. The van der Waals surface area contributed by atoms with Crippen LogP contribution in [-0.2, 0) is 28.1 Å². The molecule has 1 aliphatic rings. The molecule has 2 aromatic rings. The number of carbonyl (C=O) groups excluding carboxylic acids is 1. The molecule has 234 valence electrons. The molecule has 1 fully saturated rings. The van der Waals surface area contributed by atoms with Crippen molar-refractivity contribution in [2.45, 2.75) is 97.9 Å². The Morgan fingerprint density at radius 3 is 2.52 bits per heavy atom. The quantitative estimate of drug-likeness (QED) is 0.210. The predicted octanol–water partition coefficient (Wildman–Crippen LogP) is 3.71. The monoisotopic (exact) mass is 609 g/mol. The summed E-state index contributed by atoms with van der Waals surface area (Å²) in [5.41, 5.74) is -0.161. The van der Waals surface area contributed by atoms with Gasteiger partial charge in [0.15, 0.2) is 17.4 Å². The number of fused-ring (bicyclic) bond motifs is 1. The number of hydrogen-bond acceptors (Lipinski definition) is 11. The normalized spacial score (nSPS) is 21.6.